The molecule has 0 N–H and O–H groups in total. The van der Waals surface area contributed by atoms with Gasteiger partial charge in [0.05, 0.1) is 12.6 Å². The van der Waals surface area contributed by atoms with Gasteiger partial charge in [0.15, 0.2) is 0 Å². The van der Waals surface area contributed by atoms with Crippen molar-refractivity contribution in [3.63, 3.8) is 0 Å². The zero-order chi connectivity index (χ0) is 15.4. The minimum Gasteiger partial charge on any atom is -0.380 e. The maximum Gasteiger partial charge on any atom is 0.253 e. The number of carbonyl (C=O) groups excluding carboxylic acids is 1. The largest absolute Gasteiger partial charge is 0.380 e. The molecule has 6 heteroatoms. The maximum absolute atomic E-state index is 12.6. The standard InChI is InChI=1S/C16H20N4O2/c1-22-10-13-4-6-14(7-5-13)16(21)19-8-2-3-15(9-19)20-12-17-11-18-20/h4-7,11-12,15H,2-3,8-10H2,1H3/t15-/m1/s1. The molecule has 2 aromatic rings. The van der Waals surface area contributed by atoms with E-state index < -0.39 is 0 Å². The first-order valence-corrected chi connectivity index (χ1v) is 7.49. The molecule has 3 rings (SSSR count). The molecule has 1 atom stereocenters. The maximum atomic E-state index is 12.6. The van der Waals surface area contributed by atoms with Crippen LogP contribution in [0.4, 0.5) is 0 Å². The number of amides is 1. The summed E-state index contributed by atoms with van der Waals surface area (Å²) in [5.41, 5.74) is 1.79. The molecule has 1 fully saturated rings. The molecule has 0 saturated carbocycles. The van der Waals surface area contributed by atoms with Crippen LogP contribution in [-0.4, -0.2) is 45.8 Å². The van der Waals surface area contributed by atoms with E-state index in [1.54, 1.807) is 13.4 Å². The lowest BCUT2D eigenvalue weighted by Gasteiger charge is -2.32. The molecule has 2 heterocycles. The highest BCUT2D eigenvalue weighted by Gasteiger charge is 2.25. The van der Waals surface area contributed by atoms with E-state index in [-0.39, 0.29) is 11.9 Å². The molecule has 0 spiro atoms. The van der Waals surface area contributed by atoms with Crippen LogP contribution in [0.5, 0.6) is 0 Å². The Balaban J connectivity index is 1.68. The van der Waals surface area contributed by atoms with E-state index >= 15 is 0 Å². The molecule has 1 aliphatic heterocycles. The van der Waals surface area contributed by atoms with Crippen LogP contribution >= 0.6 is 0 Å². The molecule has 0 radical (unpaired) electrons. The van der Waals surface area contributed by atoms with Crippen LogP contribution in [0.3, 0.4) is 0 Å². The Bertz CT molecular complexity index is 610. The molecule has 0 bridgehead atoms. The van der Waals surface area contributed by atoms with Gasteiger partial charge >= 0.3 is 0 Å². The van der Waals surface area contributed by atoms with Gasteiger partial charge in [0.1, 0.15) is 12.7 Å². The van der Waals surface area contributed by atoms with E-state index in [4.69, 9.17) is 4.74 Å². The molecule has 116 valence electrons. The molecule has 0 aliphatic carbocycles. The highest BCUT2D eigenvalue weighted by Crippen LogP contribution is 2.22. The van der Waals surface area contributed by atoms with Gasteiger partial charge in [-0.25, -0.2) is 9.67 Å². The third-order valence-electron chi connectivity index (χ3n) is 4.01. The molecule has 0 unspecified atom stereocenters. The average Bonchev–Trinajstić information content (AvgIpc) is 3.10. The van der Waals surface area contributed by atoms with Crippen molar-refractivity contribution in [2.24, 2.45) is 0 Å². The van der Waals surface area contributed by atoms with E-state index in [9.17, 15) is 4.79 Å². The van der Waals surface area contributed by atoms with Gasteiger partial charge in [0.25, 0.3) is 5.91 Å². The summed E-state index contributed by atoms with van der Waals surface area (Å²) < 4.78 is 6.94. The molecular formula is C16H20N4O2. The van der Waals surface area contributed by atoms with Crippen molar-refractivity contribution in [3.8, 4) is 0 Å². The smallest absolute Gasteiger partial charge is 0.253 e. The first-order chi connectivity index (χ1) is 10.8. The van der Waals surface area contributed by atoms with Gasteiger partial charge in [-0.3, -0.25) is 4.79 Å². The van der Waals surface area contributed by atoms with E-state index in [1.165, 1.54) is 6.33 Å². The topological polar surface area (TPSA) is 60.2 Å². The number of aromatic nitrogens is 3. The number of methoxy groups -OCH3 is 1. The minimum atomic E-state index is 0.0776. The summed E-state index contributed by atoms with van der Waals surface area (Å²) in [6.45, 7) is 2.04. The van der Waals surface area contributed by atoms with Gasteiger partial charge in [-0.15, -0.1) is 0 Å². The van der Waals surface area contributed by atoms with Gasteiger partial charge in [-0.1, -0.05) is 12.1 Å². The number of likely N-dealkylation sites (tertiary alicyclic amines) is 1. The Morgan fingerprint density at radius 2 is 2.18 bits per heavy atom. The summed E-state index contributed by atoms with van der Waals surface area (Å²) in [6.07, 6.45) is 5.27. The first-order valence-electron chi connectivity index (χ1n) is 7.49. The van der Waals surface area contributed by atoms with Crippen molar-refractivity contribution < 1.29 is 9.53 Å². The summed E-state index contributed by atoms with van der Waals surface area (Å²) in [7, 11) is 1.66. The van der Waals surface area contributed by atoms with E-state index in [2.05, 4.69) is 10.1 Å². The van der Waals surface area contributed by atoms with Gasteiger partial charge in [-0.05, 0) is 30.5 Å². The second-order valence-electron chi connectivity index (χ2n) is 5.55. The highest BCUT2D eigenvalue weighted by molar-refractivity contribution is 5.94. The SMILES string of the molecule is COCc1ccc(C(=O)N2CCC[C@@H](n3cncn3)C2)cc1. The summed E-state index contributed by atoms with van der Waals surface area (Å²) in [6, 6.07) is 7.84. The normalized spacial score (nSPS) is 18.4. The van der Waals surface area contributed by atoms with Crippen LogP contribution in [-0.2, 0) is 11.3 Å². The molecular weight excluding hydrogens is 280 g/mol. The Hall–Kier alpha value is -2.21. The van der Waals surface area contributed by atoms with Crippen molar-refractivity contribution in [2.45, 2.75) is 25.5 Å². The zero-order valence-electron chi connectivity index (χ0n) is 12.7. The molecule has 22 heavy (non-hydrogen) atoms. The number of piperidine rings is 1. The molecule has 1 aromatic carbocycles. The lowest BCUT2D eigenvalue weighted by atomic mass is 10.0. The fourth-order valence-corrected chi connectivity index (χ4v) is 2.85. The van der Waals surface area contributed by atoms with E-state index in [0.29, 0.717) is 13.2 Å². The predicted molar refractivity (Wildman–Crippen MR) is 81.4 cm³/mol. The molecule has 1 aromatic heterocycles. The zero-order valence-corrected chi connectivity index (χ0v) is 12.7. The van der Waals surface area contributed by atoms with Crippen molar-refractivity contribution in [3.05, 3.63) is 48.0 Å². The van der Waals surface area contributed by atoms with Crippen LogP contribution < -0.4 is 0 Å². The van der Waals surface area contributed by atoms with Crippen LogP contribution in [0, 0.1) is 0 Å². The Labute approximate surface area is 129 Å². The van der Waals surface area contributed by atoms with Crippen molar-refractivity contribution >= 4 is 5.91 Å². The van der Waals surface area contributed by atoms with Gasteiger partial charge in [-0.2, -0.15) is 5.10 Å². The third-order valence-corrected chi connectivity index (χ3v) is 4.01. The first kappa shape index (κ1) is 14.7. The summed E-state index contributed by atoms with van der Waals surface area (Å²) in [5.74, 6) is 0.0776. The molecule has 1 amide bonds. The van der Waals surface area contributed by atoms with Crippen LogP contribution in [0.2, 0.25) is 0 Å². The fraction of sp³-hybridized carbons (Fsp3) is 0.438. The summed E-state index contributed by atoms with van der Waals surface area (Å²) in [5, 5.41) is 4.19. The van der Waals surface area contributed by atoms with Crippen molar-refractivity contribution in [2.75, 3.05) is 20.2 Å². The highest BCUT2D eigenvalue weighted by atomic mass is 16.5. The Kier molecular flexibility index (Phi) is 4.48. The number of hydrogen-bond acceptors (Lipinski definition) is 4. The summed E-state index contributed by atoms with van der Waals surface area (Å²) in [4.78, 5) is 18.5. The minimum absolute atomic E-state index is 0.0776. The van der Waals surface area contributed by atoms with Crippen molar-refractivity contribution in [1.82, 2.24) is 19.7 Å². The van der Waals surface area contributed by atoms with E-state index in [0.717, 1.165) is 30.5 Å². The molecule has 6 nitrogen and oxygen atoms in total. The summed E-state index contributed by atoms with van der Waals surface area (Å²) >= 11 is 0. The quantitative estimate of drug-likeness (QED) is 0.865. The molecule has 1 saturated heterocycles. The molecule has 1 aliphatic rings. The number of benzene rings is 1. The van der Waals surface area contributed by atoms with Crippen LogP contribution in [0.25, 0.3) is 0 Å². The Morgan fingerprint density at radius 3 is 2.86 bits per heavy atom. The van der Waals surface area contributed by atoms with Crippen molar-refractivity contribution in [1.29, 1.82) is 0 Å². The lowest BCUT2D eigenvalue weighted by Crippen LogP contribution is -2.40. The van der Waals surface area contributed by atoms with Gasteiger partial charge in [0, 0.05) is 25.8 Å². The second kappa shape index (κ2) is 6.70. The van der Waals surface area contributed by atoms with Crippen LogP contribution in [0.15, 0.2) is 36.9 Å². The predicted octanol–water partition coefficient (Wildman–Crippen LogP) is 1.90. The average molecular weight is 300 g/mol. The number of ether oxygens (including phenoxy) is 1. The number of hydrogen-bond donors (Lipinski definition) is 0. The lowest BCUT2D eigenvalue weighted by molar-refractivity contribution is 0.0672. The van der Waals surface area contributed by atoms with Gasteiger partial charge < -0.3 is 9.64 Å². The third kappa shape index (κ3) is 3.17. The second-order valence-corrected chi connectivity index (χ2v) is 5.55. The Morgan fingerprint density at radius 1 is 1.36 bits per heavy atom. The van der Waals surface area contributed by atoms with Gasteiger partial charge in [0.2, 0.25) is 0 Å². The monoisotopic (exact) mass is 300 g/mol. The number of rotatable bonds is 4. The van der Waals surface area contributed by atoms with E-state index in [1.807, 2.05) is 33.8 Å². The number of nitrogens with zero attached hydrogens (tertiary/aromatic N) is 4. The fourth-order valence-electron chi connectivity index (χ4n) is 2.85. The number of carbonyl (C=O) groups is 1. The van der Waals surface area contributed by atoms with Crippen LogP contribution in [0.1, 0.15) is 34.8 Å².